The number of hydrogen-bond acceptors (Lipinski definition) is 4. The number of phenols is 2. The van der Waals surface area contributed by atoms with Crippen LogP contribution in [0.3, 0.4) is 0 Å². The molecule has 0 spiro atoms. The molecule has 0 amide bonds. The van der Waals surface area contributed by atoms with Crippen molar-refractivity contribution in [3.05, 3.63) is 65.9 Å². The molecule has 122 valence electrons. The van der Waals surface area contributed by atoms with E-state index in [4.69, 9.17) is 5.73 Å². The van der Waals surface area contributed by atoms with Gasteiger partial charge in [0.15, 0.2) is 0 Å². The van der Waals surface area contributed by atoms with Crippen LogP contribution in [0.2, 0.25) is 0 Å². The third-order valence-electron chi connectivity index (χ3n) is 3.86. The van der Waals surface area contributed by atoms with Crippen molar-refractivity contribution in [3.8, 4) is 11.5 Å². The number of aromatic hydroxyl groups is 2. The van der Waals surface area contributed by atoms with Crippen LogP contribution in [-0.2, 0) is 6.42 Å². The molecule has 2 aromatic carbocycles. The summed E-state index contributed by atoms with van der Waals surface area (Å²) >= 11 is 0. The number of allylic oxidation sites excluding steroid dienone is 1. The monoisotopic (exact) mass is 322 g/mol. The van der Waals surface area contributed by atoms with E-state index >= 15 is 0 Å². The zero-order valence-electron chi connectivity index (χ0n) is 13.0. The van der Waals surface area contributed by atoms with Gasteiger partial charge in [-0.3, -0.25) is 9.36 Å². The maximum Gasteiger partial charge on any atom is 0.255 e. The van der Waals surface area contributed by atoms with Crippen molar-refractivity contribution in [2.75, 3.05) is 6.54 Å². The van der Waals surface area contributed by atoms with E-state index in [0.29, 0.717) is 24.0 Å². The second-order valence-corrected chi connectivity index (χ2v) is 5.49. The molecule has 1 aromatic heterocycles. The number of rotatable bonds is 4. The Morgan fingerprint density at radius 3 is 2.71 bits per heavy atom. The molecule has 5 nitrogen and oxygen atoms in total. The minimum atomic E-state index is -0.239. The molecule has 0 unspecified atom stereocenters. The molecule has 3 rings (SSSR count). The third kappa shape index (κ3) is 3.02. The molecule has 0 saturated carbocycles. The van der Waals surface area contributed by atoms with Crippen molar-refractivity contribution in [3.63, 3.8) is 0 Å². The van der Waals surface area contributed by atoms with Gasteiger partial charge in [0.2, 0.25) is 0 Å². The molecule has 0 atom stereocenters. The van der Waals surface area contributed by atoms with E-state index in [9.17, 15) is 15.0 Å². The van der Waals surface area contributed by atoms with Gasteiger partial charge >= 0.3 is 0 Å². The molecule has 24 heavy (non-hydrogen) atoms. The second-order valence-electron chi connectivity index (χ2n) is 5.49. The zero-order chi connectivity index (χ0) is 17.1. The fraction of sp³-hybridized carbons (Fsp3) is 0.105. The smallest absolute Gasteiger partial charge is 0.255 e. The van der Waals surface area contributed by atoms with Crippen LogP contribution < -0.4 is 5.73 Å². The molecular formula is C19H18N2O3. The van der Waals surface area contributed by atoms with Gasteiger partial charge in [0.1, 0.15) is 11.5 Å². The van der Waals surface area contributed by atoms with Crippen LogP contribution in [0.15, 0.2) is 54.7 Å². The van der Waals surface area contributed by atoms with Gasteiger partial charge in [0, 0.05) is 23.2 Å². The normalized spacial score (nSPS) is 11.4. The first-order valence-corrected chi connectivity index (χ1v) is 7.63. The molecule has 1 heterocycles. The molecular weight excluding hydrogens is 304 g/mol. The lowest BCUT2D eigenvalue weighted by atomic mass is 10.1. The summed E-state index contributed by atoms with van der Waals surface area (Å²) in [6, 6.07) is 11.7. The Kier molecular flexibility index (Phi) is 4.35. The number of para-hydroxylation sites is 1. The van der Waals surface area contributed by atoms with E-state index < -0.39 is 0 Å². The van der Waals surface area contributed by atoms with Crippen LogP contribution >= 0.6 is 0 Å². The minimum absolute atomic E-state index is 0.118. The van der Waals surface area contributed by atoms with E-state index in [1.165, 1.54) is 10.6 Å². The van der Waals surface area contributed by atoms with E-state index in [0.717, 1.165) is 10.9 Å². The molecule has 0 radical (unpaired) electrons. The van der Waals surface area contributed by atoms with E-state index in [1.807, 2.05) is 0 Å². The summed E-state index contributed by atoms with van der Waals surface area (Å²) in [7, 11) is 0. The number of fused-ring (bicyclic) bond motifs is 1. The first-order chi connectivity index (χ1) is 11.6. The molecule has 0 fully saturated rings. The lowest BCUT2D eigenvalue weighted by Crippen LogP contribution is -2.06. The van der Waals surface area contributed by atoms with E-state index in [1.54, 1.807) is 54.7 Å². The predicted octanol–water partition coefficient (Wildman–Crippen LogP) is 2.91. The van der Waals surface area contributed by atoms with Crippen LogP contribution in [0.1, 0.15) is 15.9 Å². The van der Waals surface area contributed by atoms with E-state index in [2.05, 4.69) is 0 Å². The number of benzene rings is 2. The van der Waals surface area contributed by atoms with Crippen LogP contribution in [0.5, 0.6) is 11.5 Å². The Labute approximate surface area is 139 Å². The number of nitrogens with zero attached hydrogens (tertiary/aromatic N) is 1. The lowest BCUT2D eigenvalue weighted by molar-refractivity contribution is 0.0974. The van der Waals surface area contributed by atoms with Crippen LogP contribution in [0.4, 0.5) is 0 Å². The highest BCUT2D eigenvalue weighted by Gasteiger charge is 2.12. The van der Waals surface area contributed by atoms with E-state index in [-0.39, 0.29) is 17.4 Å². The van der Waals surface area contributed by atoms with Crippen LogP contribution in [0.25, 0.3) is 17.0 Å². The average Bonchev–Trinajstić information content (AvgIpc) is 2.92. The van der Waals surface area contributed by atoms with Gasteiger partial charge in [-0.25, -0.2) is 0 Å². The molecule has 5 heteroatoms. The summed E-state index contributed by atoms with van der Waals surface area (Å²) in [4.78, 5) is 12.5. The molecule has 0 saturated heterocycles. The standard InChI is InChI=1S/C19H18N2O3/c20-10-9-14-12-21(17-7-6-15(22)11-16(14)17)19(24)8-5-13-3-1-2-4-18(13)23/h1-8,11-12,22-23H,9-10,20H2/b8-5+. The number of carbonyl (C=O) groups excluding carboxylic acids is 1. The summed E-state index contributed by atoms with van der Waals surface area (Å²) in [5.74, 6) is 0.0283. The Bertz CT molecular complexity index is 926. The molecule has 3 aromatic rings. The second kappa shape index (κ2) is 6.60. The lowest BCUT2D eigenvalue weighted by Gasteiger charge is -2.01. The van der Waals surface area contributed by atoms with Gasteiger partial charge in [-0.1, -0.05) is 18.2 Å². The maximum absolute atomic E-state index is 12.5. The molecule has 0 aliphatic heterocycles. The number of nitrogens with two attached hydrogens (primary N) is 1. The van der Waals surface area contributed by atoms with Crippen molar-refractivity contribution < 1.29 is 15.0 Å². The predicted molar refractivity (Wildman–Crippen MR) is 94.1 cm³/mol. The highest BCUT2D eigenvalue weighted by molar-refractivity contribution is 6.01. The van der Waals surface area contributed by atoms with Gasteiger partial charge in [-0.05, 0) is 48.9 Å². The molecule has 0 aliphatic rings. The molecule has 0 aliphatic carbocycles. The van der Waals surface area contributed by atoms with Gasteiger partial charge in [-0.2, -0.15) is 0 Å². The van der Waals surface area contributed by atoms with Crippen molar-refractivity contribution in [1.29, 1.82) is 0 Å². The topological polar surface area (TPSA) is 88.5 Å². The molecule has 4 N–H and O–H groups in total. The maximum atomic E-state index is 12.5. The third-order valence-corrected chi connectivity index (χ3v) is 3.86. The number of carbonyl (C=O) groups is 1. The fourth-order valence-electron chi connectivity index (χ4n) is 2.69. The highest BCUT2D eigenvalue weighted by atomic mass is 16.3. The Balaban J connectivity index is 1.99. The summed E-state index contributed by atoms with van der Waals surface area (Å²) in [5, 5.41) is 20.3. The Morgan fingerprint density at radius 2 is 1.96 bits per heavy atom. The first-order valence-electron chi connectivity index (χ1n) is 7.63. The summed E-state index contributed by atoms with van der Waals surface area (Å²) in [6.45, 7) is 0.455. The van der Waals surface area contributed by atoms with Gasteiger partial charge in [-0.15, -0.1) is 0 Å². The summed E-state index contributed by atoms with van der Waals surface area (Å²) in [6.07, 6.45) is 5.35. The fourth-order valence-corrected chi connectivity index (χ4v) is 2.69. The largest absolute Gasteiger partial charge is 0.508 e. The average molecular weight is 322 g/mol. The van der Waals surface area contributed by atoms with Gasteiger partial charge < -0.3 is 15.9 Å². The summed E-state index contributed by atoms with van der Waals surface area (Å²) < 4.78 is 1.52. The molecule has 0 bridgehead atoms. The van der Waals surface area contributed by atoms with Crippen molar-refractivity contribution >= 4 is 22.9 Å². The van der Waals surface area contributed by atoms with Crippen LogP contribution in [-0.4, -0.2) is 27.2 Å². The van der Waals surface area contributed by atoms with Crippen molar-refractivity contribution in [2.24, 2.45) is 5.73 Å². The number of phenolic OH excluding ortho intramolecular Hbond substituents is 2. The van der Waals surface area contributed by atoms with Crippen molar-refractivity contribution in [1.82, 2.24) is 4.57 Å². The zero-order valence-corrected chi connectivity index (χ0v) is 13.0. The Hall–Kier alpha value is -3.05. The quantitative estimate of drug-likeness (QED) is 0.644. The summed E-state index contributed by atoms with van der Waals surface area (Å²) in [5.41, 5.74) is 7.82. The number of aromatic nitrogens is 1. The highest BCUT2D eigenvalue weighted by Crippen LogP contribution is 2.26. The Morgan fingerprint density at radius 1 is 1.17 bits per heavy atom. The number of hydrogen-bond donors (Lipinski definition) is 3. The minimum Gasteiger partial charge on any atom is -0.508 e. The van der Waals surface area contributed by atoms with Gasteiger partial charge in [0.05, 0.1) is 5.52 Å². The van der Waals surface area contributed by atoms with Gasteiger partial charge in [0.25, 0.3) is 5.91 Å². The van der Waals surface area contributed by atoms with Crippen LogP contribution in [0, 0.1) is 0 Å². The van der Waals surface area contributed by atoms with Crippen molar-refractivity contribution in [2.45, 2.75) is 6.42 Å². The SMILES string of the molecule is NCCc1cn(C(=O)/C=C/c2ccccc2O)c2ccc(O)cc12. The first kappa shape index (κ1) is 15.8.